The first-order valence-electron chi connectivity index (χ1n) is 7.24. The molecule has 1 aliphatic heterocycles. The quantitative estimate of drug-likeness (QED) is 0.866. The van der Waals surface area contributed by atoms with Gasteiger partial charge >= 0.3 is 0 Å². The van der Waals surface area contributed by atoms with Gasteiger partial charge < -0.3 is 10.2 Å². The first-order chi connectivity index (χ1) is 10.2. The number of halogens is 2. The molecule has 0 atom stereocenters. The van der Waals surface area contributed by atoms with E-state index in [1.807, 2.05) is 6.07 Å². The number of rotatable bonds is 3. The van der Waals surface area contributed by atoms with E-state index in [-0.39, 0.29) is 5.82 Å². The molecule has 1 saturated heterocycles. The summed E-state index contributed by atoms with van der Waals surface area (Å²) >= 11 is 3.47. The number of para-hydroxylation sites is 1. The number of benzene rings is 2. The highest BCUT2D eigenvalue weighted by Gasteiger charge is 2.19. The molecule has 2 aromatic carbocycles. The molecule has 0 bridgehead atoms. The Morgan fingerprint density at radius 3 is 2.48 bits per heavy atom. The van der Waals surface area contributed by atoms with Gasteiger partial charge in [-0.05, 0) is 59.1 Å². The Labute approximate surface area is 133 Å². The van der Waals surface area contributed by atoms with E-state index in [0.29, 0.717) is 6.04 Å². The third-order valence-corrected chi connectivity index (χ3v) is 4.60. The summed E-state index contributed by atoms with van der Waals surface area (Å²) in [4.78, 5) is 2.40. The zero-order valence-corrected chi connectivity index (χ0v) is 13.3. The molecule has 0 aliphatic carbocycles. The predicted octanol–water partition coefficient (Wildman–Crippen LogP) is 4.67. The molecule has 1 aliphatic rings. The fourth-order valence-corrected chi connectivity index (χ4v) is 3.11. The maximum atomic E-state index is 13.3. The van der Waals surface area contributed by atoms with Crippen molar-refractivity contribution in [1.29, 1.82) is 0 Å². The molecule has 21 heavy (non-hydrogen) atoms. The first-order valence-corrected chi connectivity index (χ1v) is 8.03. The van der Waals surface area contributed by atoms with E-state index < -0.39 is 0 Å². The van der Waals surface area contributed by atoms with Crippen LogP contribution in [0.25, 0.3) is 0 Å². The minimum Gasteiger partial charge on any atom is -0.381 e. The van der Waals surface area contributed by atoms with E-state index in [9.17, 15) is 4.39 Å². The number of hydrogen-bond acceptors (Lipinski definition) is 2. The topological polar surface area (TPSA) is 15.3 Å². The predicted molar refractivity (Wildman–Crippen MR) is 89.4 cm³/mol. The Kier molecular flexibility index (Phi) is 4.44. The minimum absolute atomic E-state index is 0.206. The van der Waals surface area contributed by atoms with Gasteiger partial charge in [-0.3, -0.25) is 0 Å². The summed E-state index contributed by atoms with van der Waals surface area (Å²) in [7, 11) is 0. The first kappa shape index (κ1) is 14.4. The highest BCUT2D eigenvalue weighted by molar-refractivity contribution is 9.10. The largest absolute Gasteiger partial charge is 0.381 e. The van der Waals surface area contributed by atoms with Crippen LogP contribution in [-0.4, -0.2) is 19.1 Å². The molecule has 4 heteroatoms. The molecular formula is C17H18BrFN2. The van der Waals surface area contributed by atoms with Crippen LogP contribution < -0.4 is 10.2 Å². The minimum atomic E-state index is -0.206. The molecule has 3 rings (SSSR count). The number of nitrogens with zero attached hydrogens (tertiary/aromatic N) is 1. The van der Waals surface area contributed by atoms with E-state index in [1.165, 1.54) is 11.8 Å². The molecular weight excluding hydrogens is 331 g/mol. The highest BCUT2D eigenvalue weighted by atomic mass is 79.9. The van der Waals surface area contributed by atoms with Gasteiger partial charge in [-0.25, -0.2) is 4.39 Å². The molecule has 1 N–H and O–H groups in total. The standard InChI is InChI=1S/C17H18BrFN2/c18-16-7-6-13(19)12-17(16)20-14-8-10-21(11-9-14)15-4-2-1-3-5-15/h1-7,12,14,20H,8-11H2. The molecule has 1 fully saturated rings. The number of piperidine rings is 1. The average Bonchev–Trinajstić information content (AvgIpc) is 2.53. The number of hydrogen-bond donors (Lipinski definition) is 1. The van der Waals surface area contributed by atoms with Gasteiger partial charge in [-0.2, -0.15) is 0 Å². The lowest BCUT2D eigenvalue weighted by molar-refractivity contribution is 0.526. The zero-order chi connectivity index (χ0) is 14.7. The average molecular weight is 349 g/mol. The van der Waals surface area contributed by atoms with Crippen molar-refractivity contribution in [3.63, 3.8) is 0 Å². The van der Waals surface area contributed by atoms with E-state index in [0.717, 1.165) is 36.1 Å². The van der Waals surface area contributed by atoms with Crippen LogP contribution in [0.3, 0.4) is 0 Å². The summed E-state index contributed by atoms with van der Waals surface area (Å²) in [6.45, 7) is 2.04. The van der Waals surface area contributed by atoms with E-state index in [4.69, 9.17) is 0 Å². The summed E-state index contributed by atoms with van der Waals surface area (Å²) < 4.78 is 14.2. The van der Waals surface area contributed by atoms with Crippen molar-refractivity contribution in [3.05, 3.63) is 58.8 Å². The molecule has 0 amide bonds. The Hall–Kier alpha value is -1.55. The molecule has 0 radical (unpaired) electrons. The summed E-state index contributed by atoms with van der Waals surface area (Å²) in [5.41, 5.74) is 2.12. The van der Waals surface area contributed by atoms with E-state index in [2.05, 4.69) is 50.4 Å². The fourth-order valence-electron chi connectivity index (χ4n) is 2.75. The van der Waals surface area contributed by atoms with E-state index in [1.54, 1.807) is 12.1 Å². The molecule has 1 heterocycles. The van der Waals surface area contributed by atoms with Crippen molar-refractivity contribution in [1.82, 2.24) is 0 Å². The van der Waals surface area contributed by atoms with Gasteiger partial charge in [0.15, 0.2) is 0 Å². The van der Waals surface area contributed by atoms with Crippen LogP contribution in [0.5, 0.6) is 0 Å². The third-order valence-electron chi connectivity index (χ3n) is 3.90. The summed E-state index contributed by atoms with van der Waals surface area (Å²) in [6.07, 6.45) is 2.11. The molecule has 110 valence electrons. The lowest BCUT2D eigenvalue weighted by atomic mass is 10.0. The summed E-state index contributed by atoms with van der Waals surface area (Å²) in [6, 6.07) is 15.6. The van der Waals surface area contributed by atoms with Gasteiger partial charge in [0.25, 0.3) is 0 Å². The van der Waals surface area contributed by atoms with E-state index >= 15 is 0 Å². The SMILES string of the molecule is Fc1ccc(Br)c(NC2CCN(c3ccccc3)CC2)c1. The van der Waals surface area contributed by atoms with Crippen LogP contribution in [0.2, 0.25) is 0 Å². The summed E-state index contributed by atoms with van der Waals surface area (Å²) in [5, 5.41) is 3.45. The molecule has 2 nitrogen and oxygen atoms in total. The van der Waals surface area contributed by atoms with Crippen molar-refractivity contribution in [2.45, 2.75) is 18.9 Å². The maximum Gasteiger partial charge on any atom is 0.125 e. The second-order valence-electron chi connectivity index (χ2n) is 5.37. The third kappa shape index (κ3) is 3.56. The number of anilines is 2. The van der Waals surface area contributed by atoms with Gasteiger partial charge in [0.1, 0.15) is 5.82 Å². The molecule has 0 aromatic heterocycles. The zero-order valence-electron chi connectivity index (χ0n) is 11.7. The Balaban J connectivity index is 1.60. The van der Waals surface area contributed by atoms with Gasteiger partial charge in [0.05, 0.1) is 5.69 Å². The smallest absolute Gasteiger partial charge is 0.125 e. The van der Waals surface area contributed by atoms with Crippen LogP contribution in [-0.2, 0) is 0 Å². The lowest BCUT2D eigenvalue weighted by Gasteiger charge is -2.34. The Morgan fingerprint density at radius 2 is 1.76 bits per heavy atom. The number of nitrogens with one attached hydrogen (secondary N) is 1. The lowest BCUT2D eigenvalue weighted by Crippen LogP contribution is -2.39. The van der Waals surface area contributed by atoms with Gasteiger partial charge in [0.2, 0.25) is 0 Å². The molecule has 0 spiro atoms. The monoisotopic (exact) mass is 348 g/mol. The van der Waals surface area contributed by atoms with Crippen molar-refractivity contribution in [2.75, 3.05) is 23.3 Å². The second-order valence-corrected chi connectivity index (χ2v) is 6.22. The van der Waals surface area contributed by atoms with Crippen LogP contribution in [0.4, 0.5) is 15.8 Å². The molecule has 0 unspecified atom stereocenters. The Morgan fingerprint density at radius 1 is 1.05 bits per heavy atom. The van der Waals surface area contributed by atoms with Crippen molar-refractivity contribution >= 4 is 27.3 Å². The fraction of sp³-hybridized carbons (Fsp3) is 0.294. The maximum absolute atomic E-state index is 13.3. The second kappa shape index (κ2) is 6.48. The van der Waals surface area contributed by atoms with Gasteiger partial charge in [0, 0.05) is 29.3 Å². The van der Waals surface area contributed by atoms with Crippen LogP contribution in [0.15, 0.2) is 53.0 Å². The molecule has 2 aromatic rings. The van der Waals surface area contributed by atoms with Gasteiger partial charge in [-0.1, -0.05) is 18.2 Å². The van der Waals surface area contributed by atoms with Crippen molar-refractivity contribution < 1.29 is 4.39 Å². The molecule has 0 saturated carbocycles. The van der Waals surface area contributed by atoms with Crippen molar-refractivity contribution in [2.24, 2.45) is 0 Å². The van der Waals surface area contributed by atoms with Crippen molar-refractivity contribution in [3.8, 4) is 0 Å². The van der Waals surface area contributed by atoms with Gasteiger partial charge in [-0.15, -0.1) is 0 Å². The van der Waals surface area contributed by atoms with Crippen LogP contribution in [0.1, 0.15) is 12.8 Å². The van der Waals surface area contributed by atoms with Crippen LogP contribution in [0, 0.1) is 5.82 Å². The van der Waals surface area contributed by atoms with Crippen LogP contribution >= 0.6 is 15.9 Å². The Bertz CT molecular complexity index is 595. The highest BCUT2D eigenvalue weighted by Crippen LogP contribution is 2.27. The normalized spacial score (nSPS) is 16.0. The summed E-state index contributed by atoms with van der Waals surface area (Å²) in [5.74, 6) is -0.206.